The van der Waals surface area contributed by atoms with Crippen LogP contribution in [0.3, 0.4) is 0 Å². The van der Waals surface area contributed by atoms with E-state index in [1.54, 1.807) is 0 Å². The molecule has 0 N–H and O–H groups in total. The zero-order valence-electron chi connectivity index (χ0n) is 41.7. The molecule has 1 atom stereocenters. The SMILES string of the molecule is CC/C=C\C/C=C\C/C=C\CCCCCCCCCCCC(=O)OCC(COC(=O)CCC/C=C\C/C=C\C/C=C\CC)OC(=O)CCC/C=C\C/C=C\C/C=C\C/C=C\CCCCC. The van der Waals surface area contributed by atoms with Crippen molar-refractivity contribution in [3.05, 3.63) is 122 Å². The minimum atomic E-state index is -0.832. The van der Waals surface area contributed by atoms with E-state index in [1.165, 1.54) is 64.2 Å². The van der Waals surface area contributed by atoms with Gasteiger partial charge in [-0.2, -0.15) is 0 Å². The zero-order valence-corrected chi connectivity index (χ0v) is 41.7. The van der Waals surface area contributed by atoms with Gasteiger partial charge in [-0.15, -0.1) is 0 Å². The molecule has 0 amide bonds. The Bertz CT molecular complexity index is 1400. The van der Waals surface area contributed by atoms with Crippen LogP contribution in [0, 0.1) is 0 Å². The molecule has 0 aromatic heterocycles. The molecular weight excluding hydrogens is 805 g/mol. The summed E-state index contributed by atoms with van der Waals surface area (Å²) in [6, 6.07) is 0. The van der Waals surface area contributed by atoms with E-state index in [4.69, 9.17) is 14.2 Å². The first-order chi connectivity index (χ1) is 32.0. The lowest BCUT2D eigenvalue weighted by molar-refractivity contribution is -0.167. The molecule has 0 spiro atoms. The molecule has 0 aliphatic carbocycles. The van der Waals surface area contributed by atoms with Crippen molar-refractivity contribution < 1.29 is 28.6 Å². The topological polar surface area (TPSA) is 78.9 Å². The maximum absolute atomic E-state index is 12.8. The molecule has 6 heteroatoms. The first kappa shape index (κ1) is 60.8. The van der Waals surface area contributed by atoms with Gasteiger partial charge in [0.05, 0.1) is 0 Å². The number of hydrogen-bond acceptors (Lipinski definition) is 6. The fraction of sp³-hybridized carbons (Fsp3) is 0.610. The summed E-state index contributed by atoms with van der Waals surface area (Å²) < 4.78 is 16.7. The van der Waals surface area contributed by atoms with Gasteiger partial charge in [0.1, 0.15) is 13.2 Å². The third-order valence-corrected chi connectivity index (χ3v) is 10.4. The molecule has 0 rings (SSSR count). The number of rotatable bonds is 45. The van der Waals surface area contributed by atoms with Crippen molar-refractivity contribution in [2.75, 3.05) is 13.2 Å². The van der Waals surface area contributed by atoms with Gasteiger partial charge in [0, 0.05) is 19.3 Å². The fourth-order valence-corrected chi connectivity index (χ4v) is 6.59. The van der Waals surface area contributed by atoms with Crippen molar-refractivity contribution in [2.24, 2.45) is 0 Å². The Hall–Kier alpha value is -4.19. The highest BCUT2D eigenvalue weighted by Crippen LogP contribution is 2.13. The van der Waals surface area contributed by atoms with Crippen LogP contribution in [0.2, 0.25) is 0 Å². The van der Waals surface area contributed by atoms with E-state index in [9.17, 15) is 14.4 Å². The van der Waals surface area contributed by atoms with E-state index in [0.29, 0.717) is 19.3 Å². The Balaban J connectivity index is 4.50. The molecule has 0 aromatic rings. The molecular formula is C59H94O6. The Morgan fingerprint density at radius 3 is 1.00 bits per heavy atom. The average molecular weight is 899 g/mol. The molecule has 0 heterocycles. The molecule has 366 valence electrons. The quantitative estimate of drug-likeness (QED) is 0.0262. The van der Waals surface area contributed by atoms with Gasteiger partial charge < -0.3 is 14.2 Å². The maximum Gasteiger partial charge on any atom is 0.306 e. The average Bonchev–Trinajstić information content (AvgIpc) is 3.30. The summed E-state index contributed by atoms with van der Waals surface area (Å²) in [5, 5.41) is 0. The lowest BCUT2D eigenvalue weighted by atomic mass is 10.1. The summed E-state index contributed by atoms with van der Waals surface area (Å²) in [5.41, 5.74) is 0. The summed E-state index contributed by atoms with van der Waals surface area (Å²) in [5.74, 6) is -1.05. The van der Waals surface area contributed by atoms with Gasteiger partial charge in [0.25, 0.3) is 0 Å². The van der Waals surface area contributed by atoms with E-state index < -0.39 is 6.10 Å². The molecule has 6 nitrogen and oxygen atoms in total. The van der Waals surface area contributed by atoms with Crippen LogP contribution in [0.1, 0.15) is 213 Å². The molecule has 0 fully saturated rings. The Kier molecular flexibility index (Phi) is 49.1. The number of carbonyl (C=O) groups excluding carboxylic acids is 3. The number of ether oxygens (including phenoxy) is 3. The monoisotopic (exact) mass is 899 g/mol. The van der Waals surface area contributed by atoms with E-state index in [1.807, 2.05) is 0 Å². The van der Waals surface area contributed by atoms with Gasteiger partial charge in [-0.3, -0.25) is 14.4 Å². The van der Waals surface area contributed by atoms with Gasteiger partial charge in [-0.05, 0) is 116 Å². The van der Waals surface area contributed by atoms with Crippen molar-refractivity contribution in [1.29, 1.82) is 0 Å². The van der Waals surface area contributed by atoms with Crippen LogP contribution in [0.15, 0.2) is 122 Å². The van der Waals surface area contributed by atoms with Gasteiger partial charge in [0.15, 0.2) is 6.10 Å². The second-order valence-corrected chi connectivity index (χ2v) is 16.7. The standard InChI is InChI=1S/C59H94O6/c1-4-7-10-13-16-19-22-24-26-28-29-31-32-34-37-40-43-46-49-52-58(61)64-55-56(54-63-57(60)51-48-45-42-39-36-21-18-15-12-9-6-3)65-59(62)53-50-47-44-41-38-35-33-30-27-25-23-20-17-14-11-8-5-2/h7,9-10,12,16-21,24-27,33,35,39,41-42,44,56H,4-6,8,11,13-15,22-23,28-32,34,36-38,40,43,45-55H2,1-3H3/b10-7-,12-9-,19-16-,20-17-,21-18-,26-24-,27-25-,35-33-,42-39-,44-41-. The van der Waals surface area contributed by atoms with Gasteiger partial charge in [-0.25, -0.2) is 0 Å². The molecule has 0 radical (unpaired) electrons. The molecule has 1 unspecified atom stereocenters. The van der Waals surface area contributed by atoms with E-state index in [-0.39, 0.29) is 44.0 Å². The maximum atomic E-state index is 12.8. The van der Waals surface area contributed by atoms with E-state index in [2.05, 4.69) is 142 Å². The molecule has 0 bridgehead atoms. The highest BCUT2D eigenvalue weighted by atomic mass is 16.6. The van der Waals surface area contributed by atoms with Crippen molar-refractivity contribution in [3.63, 3.8) is 0 Å². The number of esters is 3. The zero-order chi connectivity index (χ0) is 47.2. The largest absolute Gasteiger partial charge is 0.462 e. The lowest BCUT2D eigenvalue weighted by Crippen LogP contribution is -2.30. The number of hydrogen-bond donors (Lipinski definition) is 0. The first-order valence-electron chi connectivity index (χ1n) is 26.0. The van der Waals surface area contributed by atoms with Crippen molar-refractivity contribution in [2.45, 2.75) is 219 Å². The summed E-state index contributed by atoms with van der Waals surface area (Å²) in [7, 11) is 0. The summed E-state index contributed by atoms with van der Waals surface area (Å²) in [4.78, 5) is 37.9. The minimum absolute atomic E-state index is 0.122. The van der Waals surface area contributed by atoms with Crippen molar-refractivity contribution in [1.82, 2.24) is 0 Å². The number of allylic oxidation sites excluding steroid dienone is 20. The van der Waals surface area contributed by atoms with Crippen LogP contribution in [0.4, 0.5) is 0 Å². The summed E-state index contributed by atoms with van der Waals surface area (Å²) in [6.45, 7) is 6.27. The highest BCUT2D eigenvalue weighted by molar-refractivity contribution is 5.71. The fourth-order valence-electron chi connectivity index (χ4n) is 6.59. The Labute approximate surface area is 399 Å². The van der Waals surface area contributed by atoms with Crippen LogP contribution in [0.5, 0.6) is 0 Å². The van der Waals surface area contributed by atoms with Gasteiger partial charge in [-0.1, -0.05) is 200 Å². The first-order valence-corrected chi connectivity index (χ1v) is 26.0. The highest BCUT2D eigenvalue weighted by Gasteiger charge is 2.19. The third-order valence-electron chi connectivity index (χ3n) is 10.4. The van der Waals surface area contributed by atoms with Crippen molar-refractivity contribution >= 4 is 17.9 Å². The van der Waals surface area contributed by atoms with E-state index >= 15 is 0 Å². The second-order valence-electron chi connectivity index (χ2n) is 16.7. The second kappa shape index (κ2) is 52.4. The number of unbranched alkanes of at least 4 members (excludes halogenated alkanes) is 14. The van der Waals surface area contributed by atoms with Crippen LogP contribution in [-0.4, -0.2) is 37.2 Å². The molecule has 0 saturated heterocycles. The minimum Gasteiger partial charge on any atom is -0.462 e. The van der Waals surface area contributed by atoms with Crippen LogP contribution >= 0.6 is 0 Å². The lowest BCUT2D eigenvalue weighted by Gasteiger charge is -2.18. The molecule has 0 aliphatic rings. The normalized spacial score (nSPS) is 13.1. The molecule has 0 saturated carbocycles. The molecule has 0 aliphatic heterocycles. The van der Waals surface area contributed by atoms with Gasteiger partial charge >= 0.3 is 17.9 Å². The summed E-state index contributed by atoms with van der Waals surface area (Å²) in [6.07, 6.45) is 72.0. The Morgan fingerprint density at radius 1 is 0.323 bits per heavy atom. The smallest absolute Gasteiger partial charge is 0.306 e. The van der Waals surface area contributed by atoms with Crippen LogP contribution < -0.4 is 0 Å². The van der Waals surface area contributed by atoms with Crippen molar-refractivity contribution in [3.8, 4) is 0 Å². The third kappa shape index (κ3) is 50.7. The predicted molar refractivity (Wildman–Crippen MR) is 279 cm³/mol. The van der Waals surface area contributed by atoms with Crippen LogP contribution in [0.25, 0.3) is 0 Å². The summed E-state index contributed by atoms with van der Waals surface area (Å²) >= 11 is 0. The molecule has 0 aromatic carbocycles. The predicted octanol–water partition coefficient (Wildman–Crippen LogP) is 17.3. The Morgan fingerprint density at radius 2 is 0.615 bits per heavy atom. The van der Waals surface area contributed by atoms with E-state index in [0.717, 1.165) is 96.3 Å². The molecule has 65 heavy (non-hydrogen) atoms. The number of carbonyl (C=O) groups is 3. The van der Waals surface area contributed by atoms with Crippen LogP contribution in [-0.2, 0) is 28.6 Å². The van der Waals surface area contributed by atoms with Gasteiger partial charge in [0.2, 0.25) is 0 Å².